The minimum Gasteiger partial charge on any atom is -0.322 e. The molecular weight excluding hydrogens is 429 g/mol. The summed E-state index contributed by atoms with van der Waals surface area (Å²) in [5, 5.41) is 2.52. The number of sulfonamides is 1. The number of hydrogen-bond acceptors (Lipinski definition) is 3. The topological polar surface area (TPSA) is 66.5 Å². The standard InChI is InChI=1S/C22H19F3N2O3S/c1-2-27(31(29,30)20-6-4-3-5-7-20)19-14-8-16(9-15-19)21(28)26-18-12-10-17(11-13-18)22(23,24)25/h3-15H,2H2,1H3,(H,26,28). The molecule has 0 aliphatic rings. The van der Waals surface area contributed by atoms with Crippen LogP contribution in [0.1, 0.15) is 22.8 Å². The molecule has 162 valence electrons. The number of amides is 1. The fourth-order valence-corrected chi connectivity index (χ4v) is 4.43. The van der Waals surface area contributed by atoms with Crippen molar-refractivity contribution < 1.29 is 26.4 Å². The minimum atomic E-state index is -4.45. The summed E-state index contributed by atoms with van der Waals surface area (Å²) in [6.07, 6.45) is -4.45. The zero-order chi connectivity index (χ0) is 22.6. The highest BCUT2D eigenvalue weighted by molar-refractivity contribution is 7.92. The SMILES string of the molecule is CCN(c1ccc(C(=O)Nc2ccc(C(F)(F)F)cc2)cc1)S(=O)(=O)c1ccccc1. The summed E-state index contributed by atoms with van der Waals surface area (Å²) in [4.78, 5) is 12.6. The molecule has 0 saturated heterocycles. The number of halogens is 3. The fraction of sp³-hybridized carbons (Fsp3) is 0.136. The average molecular weight is 448 g/mol. The van der Waals surface area contributed by atoms with E-state index in [0.29, 0.717) is 5.69 Å². The molecule has 0 atom stereocenters. The van der Waals surface area contributed by atoms with E-state index in [1.165, 1.54) is 52.8 Å². The molecule has 0 aliphatic carbocycles. The molecule has 3 rings (SSSR count). The van der Waals surface area contributed by atoms with Crippen molar-refractivity contribution in [3.8, 4) is 0 Å². The highest BCUT2D eigenvalue weighted by Crippen LogP contribution is 2.30. The first kappa shape index (κ1) is 22.4. The molecule has 0 bridgehead atoms. The molecule has 1 amide bonds. The van der Waals surface area contributed by atoms with Gasteiger partial charge in [0, 0.05) is 17.8 Å². The minimum absolute atomic E-state index is 0.154. The van der Waals surface area contributed by atoms with E-state index in [-0.39, 0.29) is 22.7 Å². The zero-order valence-corrected chi connectivity index (χ0v) is 17.2. The Morgan fingerprint density at radius 2 is 1.48 bits per heavy atom. The number of nitrogens with zero attached hydrogens (tertiary/aromatic N) is 1. The zero-order valence-electron chi connectivity index (χ0n) is 16.4. The number of rotatable bonds is 6. The molecule has 0 aliphatic heterocycles. The molecule has 9 heteroatoms. The second-order valence-electron chi connectivity index (χ2n) is 6.56. The Bertz CT molecular complexity index is 1150. The Morgan fingerprint density at radius 3 is 2.00 bits per heavy atom. The van der Waals surface area contributed by atoms with Crippen molar-refractivity contribution in [2.24, 2.45) is 0 Å². The smallest absolute Gasteiger partial charge is 0.322 e. The van der Waals surface area contributed by atoms with E-state index < -0.39 is 27.7 Å². The van der Waals surface area contributed by atoms with Crippen LogP contribution in [0.5, 0.6) is 0 Å². The Kier molecular flexibility index (Phi) is 6.35. The summed E-state index contributed by atoms with van der Waals surface area (Å²) >= 11 is 0. The third-order valence-electron chi connectivity index (χ3n) is 4.51. The van der Waals surface area contributed by atoms with Crippen molar-refractivity contribution in [2.45, 2.75) is 18.0 Å². The van der Waals surface area contributed by atoms with Gasteiger partial charge in [0.05, 0.1) is 16.1 Å². The highest BCUT2D eigenvalue weighted by atomic mass is 32.2. The molecule has 0 unspecified atom stereocenters. The van der Waals surface area contributed by atoms with Crippen LogP contribution < -0.4 is 9.62 Å². The summed E-state index contributed by atoms with van der Waals surface area (Å²) in [5.74, 6) is -0.528. The number of carbonyl (C=O) groups is 1. The quantitative estimate of drug-likeness (QED) is 0.566. The lowest BCUT2D eigenvalue weighted by Crippen LogP contribution is -2.30. The van der Waals surface area contributed by atoms with Crippen LogP contribution in [0, 0.1) is 0 Å². The predicted molar refractivity (Wildman–Crippen MR) is 112 cm³/mol. The number of alkyl halides is 3. The van der Waals surface area contributed by atoms with Gasteiger partial charge in [-0.2, -0.15) is 13.2 Å². The first-order chi connectivity index (χ1) is 14.6. The van der Waals surface area contributed by atoms with E-state index in [2.05, 4.69) is 5.32 Å². The summed E-state index contributed by atoms with van der Waals surface area (Å²) in [6.45, 7) is 1.89. The van der Waals surface area contributed by atoms with Crippen LogP contribution in [-0.4, -0.2) is 20.9 Å². The largest absolute Gasteiger partial charge is 0.416 e. The Labute approximate surface area is 178 Å². The second kappa shape index (κ2) is 8.81. The third-order valence-corrected chi connectivity index (χ3v) is 6.42. The lowest BCUT2D eigenvalue weighted by molar-refractivity contribution is -0.137. The van der Waals surface area contributed by atoms with Crippen molar-refractivity contribution in [3.05, 3.63) is 90.0 Å². The highest BCUT2D eigenvalue weighted by Gasteiger charge is 2.30. The van der Waals surface area contributed by atoms with Gasteiger partial charge in [-0.15, -0.1) is 0 Å². The van der Waals surface area contributed by atoms with Crippen molar-refractivity contribution in [1.82, 2.24) is 0 Å². The number of nitrogens with one attached hydrogen (secondary N) is 1. The van der Waals surface area contributed by atoms with E-state index in [9.17, 15) is 26.4 Å². The maximum atomic E-state index is 12.9. The van der Waals surface area contributed by atoms with Crippen LogP contribution in [0.15, 0.2) is 83.8 Å². The second-order valence-corrected chi connectivity index (χ2v) is 8.42. The first-order valence-electron chi connectivity index (χ1n) is 9.29. The molecule has 0 fully saturated rings. The molecule has 0 radical (unpaired) electrons. The lowest BCUT2D eigenvalue weighted by Gasteiger charge is -2.23. The molecule has 0 heterocycles. The molecule has 5 nitrogen and oxygen atoms in total. The Hall–Kier alpha value is -3.33. The van der Waals surface area contributed by atoms with Gasteiger partial charge in [0.15, 0.2) is 0 Å². The van der Waals surface area contributed by atoms with Gasteiger partial charge >= 0.3 is 6.18 Å². The van der Waals surface area contributed by atoms with Gasteiger partial charge in [-0.25, -0.2) is 8.42 Å². The van der Waals surface area contributed by atoms with E-state index in [0.717, 1.165) is 12.1 Å². The average Bonchev–Trinajstić information content (AvgIpc) is 2.75. The van der Waals surface area contributed by atoms with Gasteiger partial charge in [0.2, 0.25) is 0 Å². The lowest BCUT2D eigenvalue weighted by atomic mass is 10.1. The van der Waals surface area contributed by atoms with E-state index >= 15 is 0 Å². The Balaban J connectivity index is 1.76. The molecule has 3 aromatic rings. The first-order valence-corrected chi connectivity index (χ1v) is 10.7. The molecule has 1 N–H and O–H groups in total. The van der Waals surface area contributed by atoms with E-state index in [1.807, 2.05) is 0 Å². The van der Waals surface area contributed by atoms with Gasteiger partial charge < -0.3 is 5.32 Å². The number of carbonyl (C=O) groups excluding carboxylic acids is 1. The molecule has 0 aromatic heterocycles. The van der Waals surface area contributed by atoms with Crippen molar-refractivity contribution in [2.75, 3.05) is 16.2 Å². The van der Waals surface area contributed by atoms with Gasteiger partial charge in [0.1, 0.15) is 0 Å². The van der Waals surface area contributed by atoms with Crippen LogP contribution in [0.3, 0.4) is 0 Å². The molecule has 0 spiro atoms. The maximum absolute atomic E-state index is 12.9. The number of anilines is 2. The molecule has 0 saturated carbocycles. The summed E-state index contributed by atoms with van der Waals surface area (Å²) in [5.41, 5.74) is 0.0206. The van der Waals surface area contributed by atoms with Crippen LogP contribution in [-0.2, 0) is 16.2 Å². The maximum Gasteiger partial charge on any atom is 0.416 e. The van der Waals surface area contributed by atoms with Crippen LogP contribution in [0.4, 0.5) is 24.5 Å². The van der Waals surface area contributed by atoms with Gasteiger partial charge in [0.25, 0.3) is 15.9 Å². The van der Waals surface area contributed by atoms with Crippen molar-refractivity contribution in [1.29, 1.82) is 0 Å². The predicted octanol–water partition coefficient (Wildman–Crippen LogP) is 5.17. The van der Waals surface area contributed by atoms with E-state index in [4.69, 9.17) is 0 Å². The molecular formula is C22H19F3N2O3S. The van der Waals surface area contributed by atoms with Gasteiger partial charge in [-0.3, -0.25) is 9.10 Å². The normalized spacial score (nSPS) is 11.7. The fourth-order valence-electron chi connectivity index (χ4n) is 2.94. The van der Waals surface area contributed by atoms with Crippen molar-refractivity contribution in [3.63, 3.8) is 0 Å². The van der Waals surface area contributed by atoms with E-state index in [1.54, 1.807) is 25.1 Å². The monoisotopic (exact) mass is 448 g/mol. The molecule has 3 aromatic carbocycles. The van der Waals surface area contributed by atoms with Crippen LogP contribution in [0.2, 0.25) is 0 Å². The summed E-state index contributed by atoms with van der Waals surface area (Å²) < 4.78 is 64.9. The van der Waals surface area contributed by atoms with Crippen LogP contribution in [0.25, 0.3) is 0 Å². The molecule has 31 heavy (non-hydrogen) atoms. The van der Waals surface area contributed by atoms with Gasteiger partial charge in [-0.05, 0) is 67.6 Å². The van der Waals surface area contributed by atoms with Gasteiger partial charge in [-0.1, -0.05) is 18.2 Å². The Morgan fingerprint density at radius 1 is 0.903 bits per heavy atom. The number of benzene rings is 3. The summed E-state index contributed by atoms with van der Waals surface area (Å²) in [7, 11) is -3.76. The van der Waals surface area contributed by atoms with Crippen molar-refractivity contribution >= 4 is 27.3 Å². The number of hydrogen-bond donors (Lipinski definition) is 1. The summed E-state index contributed by atoms with van der Waals surface area (Å²) in [6, 6.07) is 18.0. The van der Waals surface area contributed by atoms with Crippen LogP contribution >= 0.6 is 0 Å². The third kappa shape index (κ3) is 5.05.